The SMILES string of the molecule is Cc1nccc2c(-c3ccccc3)cccc12. The van der Waals surface area contributed by atoms with E-state index in [2.05, 4.69) is 60.4 Å². The van der Waals surface area contributed by atoms with E-state index in [4.69, 9.17) is 0 Å². The molecule has 0 unspecified atom stereocenters. The standard InChI is InChI=1S/C16H13N/c1-12-14-8-5-9-15(16(14)10-11-17-12)13-6-3-2-4-7-13/h2-11H,1H3. The topological polar surface area (TPSA) is 12.9 Å². The summed E-state index contributed by atoms with van der Waals surface area (Å²) in [5.74, 6) is 0. The molecule has 0 bridgehead atoms. The summed E-state index contributed by atoms with van der Waals surface area (Å²) >= 11 is 0. The lowest BCUT2D eigenvalue weighted by molar-refractivity contribution is 1.24. The number of pyridine rings is 1. The molecular weight excluding hydrogens is 206 g/mol. The van der Waals surface area contributed by atoms with Gasteiger partial charge < -0.3 is 0 Å². The maximum atomic E-state index is 4.34. The van der Waals surface area contributed by atoms with Gasteiger partial charge in [-0.3, -0.25) is 4.98 Å². The quantitative estimate of drug-likeness (QED) is 0.597. The maximum Gasteiger partial charge on any atom is 0.0451 e. The molecule has 0 spiro atoms. The second kappa shape index (κ2) is 4.02. The van der Waals surface area contributed by atoms with Crippen molar-refractivity contribution in [3.63, 3.8) is 0 Å². The molecule has 82 valence electrons. The number of hydrogen-bond acceptors (Lipinski definition) is 1. The number of hydrogen-bond donors (Lipinski definition) is 0. The van der Waals surface area contributed by atoms with E-state index < -0.39 is 0 Å². The van der Waals surface area contributed by atoms with Gasteiger partial charge in [-0.1, -0.05) is 48.5 Å². The molecule has 0 saturated heterocycles. The lowest BCUT2D eigenvalue weighted by Crippen LogP contribution is -1.86. The van der Waals surface area contributed by atoms with E-state index >= 15 is 0 Å². The average molecular weight is 219 g/mol. The molecule has 0 fully saturated rings. The molecule has 0 aliphatic carbocycles. The Hall–Kier alpha value is -2.15. The van der Waals surface area contributed by atoms with E-state index in [1.807, 2.05) is 12.3 Å². The molecule has 0 aliphatic heterocycles. The Morgan fingerprint density at radius 1 is 0.765 bits per heavy atom. The van der Waals surface area contributed by atoms with Gasteiger partial charge in [0.05, 0.1) is 0 Å². The fourth-order valence-electron chi connectivity index (χ4n) is 2.22. The third kappa shape index (κ3) is 1.70. The van der Waals surface area contributed by atoms with Gasteiger partial charge in [0.1, 0.15) is 0 Å². The van der Waals surface area contributed by atoms with E-state index in [9.17, 15) is 0 Å². The Bertz CT molecular complexity index is 657. The second-order valence-corrected chi connectivity index (χ2v) is 4.16. The summed E-state index contributed by atoms with van der Waals surface area (Å²) in [5, 5.41) is 2.50. The summed E-state index contributed by atoms with van der Waals surface area (Å²) in [6.45, 7) is 2.05. The van der Waals surface area contributed by atoms with Gasteiger partial charge in [0, 0.05) is 17.3 Å². The van der Waals surface area contributed by atoms with Crippen LogP contribution in [0.5, 0.6) is 0 Å². The number of rotatable bonds is 1. The largest absolute Gasteiger partial charge is 0.261 e. The summed E-state index contributed by atoms with van der Waals surface area (Å²) < 4.78 is 0. The molecule has 0 radical (unpaired) electrons. The van der Waals surface area contributed by atoms with Crippen LogP contribution in [-0.2, 0) is 0 Å². The molecule has 0 aliphatic rings. The van der Waals surface area contributed by atoms with E-state index in [1.165, 1.54) is 21.9 Å². The van der Waals surface area contributed by atoms with Crippen LogP contribution in [0.25, 0.3) is 21.9 Å². The van der Waals surface area contributed by atoms with Gasteiger partial charge in [0.25, 0.3) is 0 Å². The summed E-state index contributed by atoms with van der Waals surface area (Å²) in [6.07, 6.45) is 1.88. The highest BCUT2D eigenvalue weighted by atomic mass is 14.7. The first-order valence-electron chi connectivity index (χ1n) is 5.76. The third-order valence-corrected chi connectivity index (χ3v) is 3.09. The minimum Gasteiger partial charge on any atom is -0.261 e. The Labute approximate surface area is 101 Å². The Kier molecular flexibility index (Phi) is 2.37. The van der Waals surface area contributed by atoms with Crippen LogP contribution >= 0.6 is 0 Å². The van der Waals surface area contributed by atoms with Gasteiger partial charge in [-0.25, -0.2) is 0 Å². The molecule has 17 heavy (non-hydrogen) atoms. The predicted octanol–water partition coefficient (Wildman–Crippen LogP) is 4.21. The molecule has 1 nitrogen and oxygen atoms in total. The van der Waals surface area contributed by atoms with Crippen LogP contribution in [0.4, 0.5) is 0 Å². The first-order valence-corrected chi connectivity index (χ1v) is 5.76. The molecule has 0 atom stereocenters. The smallest absolute Gasteiger partial charge is 0.0451 e. The first-order chi connectivity index (χ1) is 8.36. The second-order valence-electron chi connectivity index (χ2n) is 4.16. The number of aromatic nitrogens is 1. The van der Waals surface area contributed by atoms with Crippen molar-refractivity contribution >= 4 is 10.8 Å². The highest BCUT2D eigenvalue weighted by molar-refractivity contribution is 5.97. The van der Waals surface area contributed by atoms with Crippen molar-refractivity contribution in [1.29, 1.82) is 0 Å². The first kappa shape index (κ1) is 10.0. The molecule has 0 amide bonds. The maximum absolute atomic E-state index is 4.34. The fourth-order valence-corrected chi connectivity index (χ4v) is 2.22. The van der Waals surface area contributed by atoms with Gasteiger partial charge in [-0.2, -0.15) is 0 Å². The number of fused-ring (bicyclic) bond motifs is 1. The van der Waals surface area contributed by atoms with E-state index in [0.29, 0.717) is 0 Å². The summed E-state index contributed by atoms with van der Waals surface area (Å²) in [4.78, 5) is 4.34. The molecule has 3 aromatic rings. The number of benzene rings is 2. The van der Waals surface area contributed by atoms with Crippen molar-refractivity contribution < 1.29 is 0 Å². The lowest BCUT2D eigenvalue weighted by Gasteiger charge is -2.07. The number of aryl methyl sites for hydroxylation is 1. The van der Waals surface area contributed by atoms with Crippen molar-refractivity contribution in [3.8, 4) is 11.1 Å². The summed E-state index contributed by atoms with van der Waals surface area (Å²) in [5.41, 5.74) is 3.61. The highest BCUT2D eigenvalue weighted by Gasteiger charge is 2.04. The van der Waals surface area contributed by atoms with Gasteiger partial charge in [0.2, 0.25) is 0 Å². The van der Waals surface area contributed by atoms with Crippen LogP contribution in [0.15, 0.2) is 60.8 Å². The fraction of sp³-hybridized carbons (Fsp3) is 0.0625. The van der Waals surface area contributed by atoms with E-state index in [0.717, 1.165) is 5.69 Å². The van der Waals surface area contributed by atoms with E-state index in [1.54, 1.807) is 0 Å². The van der Waals surface area contributed by atoms with Crippen molar-refractivity contribution in [3.05, 3.63) is 66.5 Å². The van der Waals surface area contributed by atoms with Crippen molar-refractivity contribution in [2.45, 2.75) is 6.92 Å². The molecule has 0 N–H and O–H groups in total. The van der Waals surface area contributed by atoms with Crippen LogP contribution in [0, 0.1) is 6.92 Å². The monoisotopic (exact) mass is 219 g/mol. The van der Waals surface area contributed by atoms with Crippen LogP contribution in [-0.4, -0.2) is 4.98 Å². The Balaban J connectivity index is 2.35. The summed E-state index contributed by atoms with van der Waals surface area (Å²) in [7, 11) is 0. The Morgan fingerprint density at radius 3 is 2.41 bits per heavy atom. The van der Waals surface area contributed by atoms with Crippen LogP contribution in [0.1, 0.15) is 5.69 Å². The van der Waals surface area contributed by atoms with Crippen molar-refractivity contribution in [1.82, 2.24) is 4.98 Å². The molecule has 1 heteroatoms. The minimum absolute atomic E-state index is 1.08. The predicted molar refractivity (Wildman–Crippen MR) is 71.9 cm³/mol. The molecule has 1 heterocycles. The molecule has 3 rings (SSSR count). The van der Waals surface area contributed by atoms with Crippen LogP contribution in [0.3, 0.4) is 0 Å². The van der Waals surface area contributed by atoms with Crippen LogP contribution in [0.2, 0.25) is 0 Å². The molecule has 1 aromatic heterocycles. The third-order valence-electron chi connectivity index (χ3n) is 3.09. The lowest BCUT2D eigenvalue weighted by atomic mass is 9.98. The number of nitrogens with zero attached hydrogens (tertiary/aromatic N) is 1. The van der Waals surface area contributed by atoms with Crippen molar-refractivity contribution in [2.24, 2.45) is 0 Å². The normalized spacial score (nSPS) is 10.6. The van der Waals surface area contributed by atoms with Gasteiger partial charge in [-0.05, 0) is 29.5 Å². The van der Waals surface area contributed by atoms with Crippen LogP contribution < -0.4 is 0 Å². The van der Waals surface area contributed by atoms with Gasteiger partial charge in [0.15, 0.2) is 0 Å². The molecule has 2 aromatic carbocycles. The summed E-state index contributed by atoms with van der Waals surface area (Å²) in [6, 6.07) is 19.0. The van der Waals surface area contributed by atoms with Gasteiger partial charge >= 0.3 is 0 Å². The zero-order valence-electron chi connectivity index (χ0n) is 9.72. The zero-order chi connectivity index (χ0) is 11.7. The highest BCUT2D eigenvalue weighted by Crippen LogP contribution is 2.28. The molecular formula is C16H13N. The van der Waals surface area contributed by atoms with E-state index in [-0.39, 0.29) is 0 Å². The minimum atomic E-state index is 1.08. The van der Waals surface area contributed by atoms with Crippen molar-refractivity contribution in [2.75, 3.05) is 0 Å². The average Bonchev–Trinajstić information content (AvgIpc) is 2.40. The zero-order valence-corrected chi connectivity index (χ0v) is 9.72. The Morgan fingerprint density at radius 2 is 1.59 bits per heavy atom. The van der Waals surface area contributed by atoms with Gasteiger partial charge in [-0.15, -0.1) is 0 Å². The molecule has 0 saturated carbocycles.